The van der Waals surface area contributed by atoms with Crippen molar-refractivity contribution in [3.8, 4) is 11.1 Å². The van der Waals surface area contributed by atoms with Crippen LogP contribution < -0.4 is 10.6 Å². The Morgan fingerprint density at radius 2 is 1.94 bits per heavy atom. The van der Waals surface area contributed by atoms with E-state index in [1.165, 1.54) is 6.26 Å². The van der Waals surface area contributed by atoms with Crippen molar-refractivity contribution in [2.75, 3.05) is 5.32 Å². The first-order valence-corrected chi connectivity index (χ1v) is 12.0. The molecule has 1 fully saturated rings. The molecule has 0 radical (unpaired) electrons. The van der Waals surface area contributed by atoms with Crippen LogP contribution in [-0.4, -0.2) is 38.2 Å². The molecule has 4 rings (SSSR count). The van der Waals surface area contributed by atoms with Crippen LogP contribution in [0.3, 0.4) is 0 Å². The lowest BCUT2D eigenvalue weighted by atomic mass is 9.79. The lowest BCUT2D eigenvalue weighted by molar-refractivity contribution is -0.119. The molecule has 3 aromatic rings. The van der Waals surface area contributed by atoms with Crippen LogP contribution in [0.15, 0.2) is 22.9 Å². The first-order chi connectivity index (χ1) is 16.8. The maximum Gasteiger partial charge on any atom is 0.257 e. The number of halogens is 1. The highest BCUT2D eigenvalue weighted by atomic mass is 19.1. The van der Waals surface area contributed by atoms with Gasteiger partial charge in [0.25, 0.3) is 5.91 Å². The molecule has 35 heavy (non-hydrogen) atoms. The molecule has 0 spiro atoms. The van der Waals surface area contributed by atoms with Gasteiger partial charge in [-0.3, -0.25) is 14.7 Å². The second kappa shape index (κ2) is 10.4. The summed E-state index contributed by atoms with van der Waals surface area (Å²) < 4.78 is 19.9. The van der Waals surface area contributed by atoms with Crippen LogP contribution >= 0.6 is 0 Å². The van der Waals surface area contributed by atoms with Gasteiger partial charge in [0.1, 0.15) is 23.7 Å². The quantitative estimate of drug-likeness (QED) is 0.430. The number of nitrogens with one attached hydrogen (secondary N) is 3. The Morgan fingerprint density at radius 3 is 2.57 bits per heavy atom. The zero-order valence-electron chi connectivity index (χ0n) is 20.4. The van der Waals surface area contributed by atoms with Crippen molar-refractivity contribution in [3.05, 3.63) is 47.0 Å². The van der Waals surface area contributed by atoms with E-state index in [4.69, 9.17) is 4.52 Å². The van der Waals surface area contributed by atoms with Crippen molar-refractivity contribution in [3.63, 3.8) is 0 Å². The molecule has 1 atom stereocenters. The number of rotatable bonds is 7. The zero-order valence-corrected chi connectivity index (χ0v) is 20.4. The van der Waals surface area contributed by atoms with E-state index in [0.29, 0.717) is 34.9 Å². The molecule has 0 unspecified atom stereocenters. The monoisotopic (exact) mass is 482 g/mol. The van der Waals surface area contributed by atoms with Gasteiger partial charge in [0.15, 0.2) is 0 Å². The number of anilines is 1. The van der Waals surface area contributed by atoms with Crippen molar-refractivity contribution >= 4 is 17.6 Å². The predicted molar refractivity (Wildman–Crippen MR) is 128 cm³/mol. The molecule has 1 aliphatic rings. The van der Waals surface area contributed by atoms with Gasteiger partial charge in [0.05, 0.1) is 11.4 Å². The van der Waals surface area contributed by atoms with Gasteiger partial charge in [0, 0.05) is 16.8 Å². The van der Waals surface area contributed by atoms with Crippen molar-refractivity contribution in [1.82, 2.24) is 25.7 Å². The maximum atomic E-state index is 15.0. The first kappa shape index (κ1) is 24.6. The summed E-state index contributed by atoms with van der Waals surface area (Å²) in [6.45, 7) is 7.60. The summed E-state index contributed by atoms with van der Waals surface area (Å²) in [7, 11) is 0. The van der Waals surface area contributed by atoms with Crippen LogP contribution in [0.25, 0.3) is 11.1 Å². The summed E-state index contributed by atoms with van der Waals surface area (Å²) in [5.41, 5.74) is 3.22. The molecule has 3 heterocycles. The molecule has 3 aromatic heterocycles. The number of carbonyl (C=O) groups excluding carboxylic acids is 2. The minimum absolute atomic E-state index is 0.0415. The van der Waals surface area contributed by atoms with Gasteiger partial charge in [-0.15, -0.1) is 0 Å². The molecule has 1 saturated carbocycles. The summed E-state index contributed by atoms with van der Waals surface area (Å²) in [5, 5.41) is 16.4. The highest BCUT2D eigenvalue weighted by Crippen LogP contribution is 2.32. The normalized spacial score (nSPS) is 18.8. The van der Waals surface area contributed by atoms with Crippen LogP contribution in [0.2, 0.25) is 0 Å². The number of hydrogen-bond donors (Lipinski definition) is 3. The number of aromatic nitrogens is 4. The number of aryl methyl sites for hydroxylation is 3. The minimum atomic E-state index is -0.795. The Morgan fingerprint density at radius 1 is 1.20 bits per heavy atom. The molecule has 0 bridgehead atoms. The van der Waals surface area contributed by atoms with E-state index in [2.05, 4.69) is 37.9 Å². The standard InChI is InChI=1S/C25H31FN6O3/c1-5-19-21(15(4)30-31-19)17-10-11-20(27-23(17)26)28-25(34)22(16-8-6-13(2)7-9-16)29-24(33)18-12-35-32-14(18)3/h10-13,16,22H,5-9H2,1-4H3,(H,29,33)(H,30,31)(H,27,28,34)/t13?,16?,22-/m0/s1. The largest absolute Gasteiger partial charge is 0.364 e. The maximum absolute atomic E-state index is 15.0. The fourth-order valence-electron chi connectivity index (χ4n) is 4.74. The molecular weight excluding hydrogens is 451 g/mol. The van der Waals surface area contributed by atoms with Crippen LogP contribution in [0.5, 0.6) is 0 Å². The number of pyridine rings is 1. The van der Waals surface area contributed by atoms with Crippen molar-refractivity contribution in [1.29, 1.82) is 0 Å². The smallest absolute Gasteiger partial charge is 0.257 e. The minimum Gasteiger partial charge on any atom is -0.364 e. The number of aromatic amines is 1. The zero-order chi connectivity index (χ0) is 25.1. The first-order valence-electron chi connectivity index (χ1n) is 12.0. The van der Waals surface area contributed by atoms with E-state index in [1.807, 2.05) is 6.92 Å². The third-order valence-electron chi connectivity index (χ3n) is 6.84. The Bertz CT molecular complexity index is 1210. The Labute approximate surface area is 203 Å². The van der Waals surface area contributed by atoms with Crippen LogP contribution in [0, 0.1) is 31.6 Å². The van der Waals surface area contributed by atoms with Gasteiger partial charge in [-0.25, -0.2) is 4.98 Å². The number of H-pyrrole nitrogens is 1. The molecule has 2 amide bonds. The molecule has 10 heteroatoms. The van der Waals surface area contributed by atoms with Crippen LogP contribution in [0.1, 0.15) is 67.0 Å². The van der Waals surface area contributed by atoms with E-state index in [9.17, 15) is 9.59 Å². The number of hydrogen-bond acceptors (Lipinski definition) is 6. The van der Waals surface area contributed by atoms with Crippen LogP contribution in [-0.2, 0) is 11.2 Å². The summed E-state index contributed by atoms with van der Waals surface area (Å²) in [6.07, 6.45) is 5.50. The molecule has 0 saturated heterocycles. The van der Waals surface area contributed by atoms with Gasteiger partial charge in [-0.1, -0.05) is 31.8 Å². The summed E-state index contributed by atoms with van der Waals surface area (Å²) in [5.74, 6) is -0.942. The number of nitrogens with zero attached hydrogens (tertiary/aromatic N) is 3. The van der Waals surface area contributed by atoms with Gasteiger partial charge >= 0.3 is 0 Å². The SMILES string of the molecule is CCc1[nH]nc(C)c1-c1ccc(NC(=O)[C@@H](NC(=O)c2conc2C)C2CCC(C)CC2)nc1F. The second-order valence-corrected chi connectivity index (χ2v) is 9.32. The Balaban J connectivity index is 1.55. The highest BCUT2D eigenvalue weighted by Gasteiger charge is 2.33. The van der Waals surface area contributed by atoms with E-state index in [0.717, 1.165) is 31.4 Å². The van der Waals surface area contributed by atoms with E-state index >= 15 is 4.39 Å². The topological polar surface area (TPSA) is 126 Å². The summed E-state index contributed by atoms with van der Waals surface area (Å²) >= 11 is 0. The van der Waals surface area contributed by atoms with Gasteiger partial charge < -0.3 is 15.2 Å². The molecule has 0 aliphatic heterocycles. The second-order valence-electron chi connectivity index (χ2n) is 9.32. The van der Waals surface area contributed by atoms with Crippen molar-refractivity contribution < 1.29 is 18.5 Å². The summed E-state index contributed by atoms with van der Waals surface area (Å²) in [6, 6.07) is 2.36. The summed E-state index contributed by atoms with van der Waals surface area (Å²) in [4.78, 5) is 30.2. The van der Waals surface area contributed by atoms with Gasteiger partial charge in [-0.05, 0) is 57.1 Å². The molecule has 9 nitrogen and oxygen atoms in total. The third-order valence-corrected chi connectivity index (χ3v) is 6.84. The average molecular weight is 483 g/mol. The van der Waals surface area contributed by atoms with E-state index < -0.39 is 23.8 Å². The lowest BCUT2D eigenvalue weighted by Crippen LogP contribution is -2.49. The molecule has 186 valence electrons. The molecule has 3 N–H and O–H groups in total. The molecule has 1 aliphatic carbocycles. The van der Waals surface area contributed by atoms with Crippen molar-refractivity contribution in [2.45, 2.75) is 65.8 Å². The van der Waals surface area contributed by atoms with Crippen molar-refractivity contribution in [2.24, 2.45) is 11.8 Å². The average Bonchev–Trinajstić information content (AvgIpc) is 3.43. The third kappa shape index (κ3) is 5.26. The fourth-order valence-corrected chi connectivity index (χ4v) is 4.74. The van der Waals surface area contributed by atoms with E-state index in [1.54, 1.807) is 26.0 Å². The lowest BCUT2D eigenvalue weighted by Gasteiger charge is -2.32. The van der Waals surface area contributed by atoms with Crippen LogP contribution in [0.4, 0.5) is 10.2 Å². The predicted octanol–water partition coefficient (Wildman–Crippen LogP) is 4.34. The van der Waals surface area contributed by atoms with E-state index in [-0.39, 0.29) is 17.3 Å². The Kier molecular flexibility index (Phi) is 7.28. The fraction of sp³-hybridized carbons (Fsp3) is 0.480. The Hall–Kier alpha value is -3.56. The van der Waals surface area contributed by atoms with Gasteiger partial charge in [0.2, 0.25) is 11.9 Å². The highest BCUT2D eigenvalue weighted by molar-refractivity contribution is 6.01. The number of amides is 2. The molecular formula is C25H31FN6O3. The molecule has 0 aromatic carbocycles. The number of carbonyl (C=O) groups is 2. The van der Waals surface area contributed by atoms with Gasteiger partial charge in [-0.2, -0.15) is 9.49 Å².